The van der Waals surface area contributed by atoms with Gasteiger partial charge in [0.1, 0.15) is 5.82 Å². The molecule has 1 heterocycles. The van der Waals surface area contributed by atoms with Crippen molar-refractivity contribution >= 4 is 39.3 Å². The molecule has 0 radical (unpaired) electrons. The maximum atomic E-state index is 11.9. The lowest BCUT2D eigenvalue weighted by atomic mass is 10.2. The van der Waals surface area contributed by atoms with Gasteiger partial charge in [-0.2, -0.15) is 0 Å². The maximum Gasteiger partial charge on any atom is 0.234 e. The summed E-state index contributed by atoms with van der Waals surface area (Å²) in [6.07, 6.45) is 0. The van der Waals surface area contributed by atoms with Crippen LogP contribution in [-0.2, 0) is 4.79 Å². The van der Waals surface area contributed by atoms with Crippen LogP contribution in [-0.4, -0.2) is 26.5 Å². The Morgan fingerprint density at radius 3 is 2.80 bits per heavy atom. The zero-order valence-corrected chi connectivity index (χ0v) is 13.5. The molecule has 0 spiro atoms. The van der Waals surface area contributed by atoms with Gasteiger partial charge >= 0.3 is 0 Å². The first-order chi connectivity index (χ1) is 9.47. The minimum absolute atomic E-state index is 0.125. The third-order valence-corrected chi connectivity index (χ3v) is 4.17. The monoisotopic (exact) mass is 355 g/mol. The molecule has 1 aromatic carbocycles. The van der Waals surface area contributed by atoms with Crippen LogP contribution in [0.1, 0.15) is 11.4 Å². The van der Waals surface area contributed by atoms with Gasteiger partial charge < -0.3 is 11.2 Å². The molecule has 6 nitrogen and oxygen atoms in total. The number of carbonyl (C=O) groups excluding carboxylic acids is 1. The number of amides is 1. The van der Waals surface area contributed by atoms with Crippen LogP contribution < -0.4 is 11.2 Å². The van der Waals surface area contributed by atoms with Crippen molar-refractivity contribution < 1.29 is 4.79 Å². The van der Waals surface area contributed by atoms with Crippen molar-refractivity contribution in [1.29, 1.82) is 0 Å². The molecule has 8 heteroatoms. The van der Waals surface area contributed by atoms with Crippen molar-refractivity contribution in [2.24, 2.45) is 0 Å². The molecule has 0 atom stereocenters. The first-order valence-corrected chi connectivity index (χ1v) is 7.61. The van der Waals surface area contributed by atoms with Crippen LogP contribution in [0, 0.1) is 13.8 Å². The van der Waals surface area contributed by atoms with E-state index in [2.05, 4.69) is 31.4 Å². The van der Waals surface area contributed by atoms with Crippen molar-refractivity contribution in [2.45, 2.75) is 19.0 Å². The maximum absolute atomic E-state index is 11.9. The van der Waals surface area contributed by atoms with Crippen LogP contribution in [0.5, 0.6) is 0 Å². The van der Waals surface area contributed by atoms with Crippen molar-refractivity contribution in [3.05, 3.63) is 34.1 Å². The highest BCUT2D eigenvalue weighted by atomic mass is 79.9. The lowest BCUT2D eigenvalue weighted by Crippen LogP contribution is -2.16. The molecule has 2 rings (SSSR count). The summed E-state index contributed by atoms with van der Waals surface area (Å²) in [6, 6.07) is 5.74. The molecule has 0 unspecified atom stereocenters. The van der Waals surface area contributed by atoms with E-state index in [0.29, 0.717) is 11.0 Å². The second-order valence-corrected chi connectivity index (χ2v) is 6.02. The van der Waals surface area contributed by atoms with E-state index < -0.39 is 0 Å². The van der Waals surface area contributed by atoms with E-state index in [0.717, 1.165) is 15.7 Å². The largest absolute Gasteiger partial charge is 0.336 e. The van der Waals surface area contributed by atoms with E-state index in [1.165, 1.54) is 16.4 Å². The van der Waals surface area contributed by atoms with Crippen LogP contribution in [0.4, 0.5) is 5.69 Å². The number of carbonyl (C=O) groups is 1. The van der Waals surface area contributed by atoms with Crippen LogP contribution >= 0.6 is 27.7 Å². The number of halogens is 1. The standard InChI is InChI=1S/C12H14BrN5OS/c1-7-3-4-10(9(13)5-7)15-11(19)6-20-12-17-16-8(2)18(12)14/h3-5H,6,14H2,1-2H3,(H,15,19). The second kappa shape index (κ2) is 6.27. The third-order valence-electron chi connectivity index (χ3n) is 2.57. The zero-order valence-electron chi connectivity index (χ0n) is 11.1. The van der Waals surface area contributed by atoms with E-state index in [-0.39, 0.29) is 11.7 Å². The molecule has 0 aliphatic rings. The molecule has 106 valence electrons. The van der Waals surface area contributed by atoms with E-state index in [4.69, 9.17) is 5.84 Å². The molecule has 2 aromatic rings. The average Bonchev–Trinajstić information content (AvgIpc) is 2.71. The van der Waals surface area contributed by atoms with Crippen molar-refractivity contribution in [2.75, 3.05) is 16.9 Å². The molecular formula is C12H14BrN5OS. The van der Waals surface area contributed by atoms with Gasteiger partial charge in [0.25, 0.3) is 0 Å². The number of nitrogen functional groups attached to an aromatic ring is 1. The highest BCUT2D eigenvalue weighted by Crippen LogP contribution is 2.24. The minimum atomic E-state index is -0.125. The second-order valence-electron chi connectivity index (χ2n) is 4.22. The Labute approximate surface area is 129 Å². The van der Waals surface area contributed by atoms with Gasteiger partial charge in [-0.05, 0) is 47.5 Å². The number of hydrogen-bond donors (Lipinski definition) is 2. The first-order valence-electron chi connectivity index (χ1n) is 5.83. The Morgan fingerprint density at radius 2 is 2.20 bits per heavy atom. The number of benzene rings is 1. The highest BCUT2D eigenvalue weighted by molar-refractivity contribution is 9.10. The molecule has 0 aliphatic heterocycles. The number of thioether (sulfide) groups is 1. The van der Waals surface area contributed by atoms with Gasteiger partial charge in [0.15, 0.2) is 0 Å². The highest BCUT2D eigenvalue weighted by Gasteiger charge is 2.11. The molecule has 3 N–H and O–H groups in total. The van der Waals surface area contributed by atoms with Crippen LogP contribution in [0.3, 0.4) is 0 Å². The summed E-state index contributed by atoms with van der Waals surface area (Å²) in [5.74, 6) is 6.41. The lowest BCUT2D eigenvalue weighted by molar-refractivity contribution is -0.113. The van der Waals surface area contributed by atoms with Crippen LogP contribution in [0.25, 0.3) is 0 Å². The SMILES string of the molecule is Cc1ccc(NC(=O)CSc2nnc(C)n2N)c(Br)c1. The molecule has 0 saturated carbocycles. The Balaban J connectivity index is 1.94. The average molecular weight is 356 g/mol. The summed E-state index contributed by atoms with van der Waals surface area (Å²) in [5, 5.41) is 11.1. The fourth-order valence-corrected chi connectivity index (χ4v) is 2.78. The summed E-state index contributed by atoms with van der Waals surface area (Å²) in [6.45, 7) is 3.74. The minimum Gasteiger partial charge on any atom is -0.336 e. The smallest absolute Gasteiger partial charge is 0.234 e. The normalized spacial score (nSPS) is 10.6. The van der Waals surface area contributed by atoms with Crippen molar-refractivity contribution in [3.63, 3.8) is 0 Å². The van der Waals surface area contributed by atoms with Gasteiger partial charge in [-0.25, -0.2) is 4.68 Å². The Hall–Kier alpha value is -1.54. The fourth-order valence-electron chi connectivity index (χ4n) is 1.49. The number of aryl methyl sites for hydroxylation is 2. The molecular weight excluding hydrogens is 342 g/mol. The van der Waals surface area contributed by atoms with Crippen molar-refractivity contribution in [3.8, 4) is 0 Å². The van der Waals surface area contributed by atoms with E-state index in [9.17, 15) is 4.79 Å². The Morgan fingerprint density at radius 1 is 1.45 bits per heavy atom. The van der Waals surface area contributed by atoms with Gasteiger partial charge in [-0.15, -0.1) is 10.2 Å². The number of rotatable bonds is 4. The number of hydrogen-bond acceptors (Lipinski definition) is 5. The van der Waals surface area contributed by atoms with Crippen LogP contribution in [0.15, 0.2) is 27.8 Å². The predicted molar refractivity (Wildman–Crippen MR) is 83.1 cm³/mol. The van der Waals surface area contributed by atoms with Gasteiger partial charge in [-0.3, -0.25) is 4.79 Å². The van der Waals surface area contributed by atoms with E-state index in [1.807, 2.05) is 25.1 Å². The molecule has 0 fully saturated rings. The summed E-state index contributed by atoms with van der Waals surface area (Å²) < 4.78 is 2.22. The summed E-state index contributed by atoms with van der Waals surface area (Å²) in [5.41, 5.74) is 1.86. The summed E-state index contributed by atoms with van der Waals surface area (Å²) in [7, 11) is 0. The van der Waals surface area contributed by atoms with Crippen LogP contribution in [0.2, 0.25) is 0 Å². The zero-order chi connectivity index (χ0) is 14.7. The van der Waals surface area contributed by atoms with Crippen molar-refractivity contribution in [1.82, 2.24) is 14.9 Å². The quantitative estimate of drug-likeness (QED) is 0.647. The molecule has 1 amide bonds. The summed E-state index contributed by atoms with van der Waals surface area (Å²) in [4.78, 5) is 11.9. The summed E-state index contributed by atoms with van der Waals surface area (Å²) >= 11 is 4.66. The van der Waals surface area contributed by atoms with E-state index in [1.54, 1.807) is 6.92 Å². The number of aromatic nitrogens is 3. The number of nitrogens with two attached hydrogens (primary N) is 1. The Bertz CT molecular complexity index is 643. The van der Waals surface area contributed by atoms with Gasteiger partial charge in [-0.1, -0.05) is 17.8 Å². The molecule has 0 bridgehead atoms. The number of nitrogens with zero attached hydrogens (tertiary/aromatic N) is 3. The molecule has 1 aromatic heterocycles. The van der Waals surface area contributed by atoms with E-state index >= 15 is 0 Å². The predicted octanol–water partition coefficient (Wildman–Crippen LogP) is 2.10. The topological polar surface area (TPSA) is 85.8 Å². The van der Waals surface area contributed by atoms with Gasteiger partial charge in [0, 0.05) is 4.47 Å². The number of nitrogens with one attached hydrogen (secondary N) is 1. The molecule has 0 aliphatic carbocycles. The molecule has 20 heavy (non-hydrogen) atoms. The fraction of sp³-hybridized carbons (Fsp3) is 0.250. The lowest BCUT2D eigenvalue weighted by Gasteiger charge is -2.07. The Kier molecular flexibility index (Phi) is 4.66. The van der Waals surface area contributed by atoms with Gasteiger partial charge in [0.05, 0.1) is 11.4 Å². The van der Waals surface area contributed by atoms with Gasteiger partial charge in [0.2, 0.25) is 11.1 Å². The number of anilines is 1. The third kappa shape index (κ3) is 3.51. The first kappa shape index (κ1) is 14.9. The molecule has 0 saturated heterocycles.